The van der Waals surface area contributed by atoms with Gasteiger partial charge in [-0.1, -0.05) is 272 Å². The monoisotopic (exact) mass is 1230 g/mol. The summed E-state index contributed by atoms with van der Waals surface area (Å²) in [4.78, 5) is 72.0. The summed E-state index contributed by atoms with van der Waals surface area (Å²) in [6, 6.07) is 0. The minimum Gasteiger partial charge on any atom is -0.462 e. The lowest BCUT2D eigenvalue weighted by Crippen LogP contribution is -2.30. The van der Waals surface area contributed by atoms with Gasteiger partial charge in [0.25, 0.3) is 0 Å². The number of phosphoric acid groups is 2. The van der Waals surface area contributed by atoms with E-state index >= 15 is 0 Å². The van der Waals surface area contributed by atoms with Crippen LogP contribution in [-0.2, 0) is 65.4 Å². The van der Waals surface area contributed by atoms with Crippen molar-refractivity contribution in [2.75, 3.05) is 39.6 Å². The summed E-state index contributed by atoms with van der Waals surface area (Å²) in [7, 11) is -9.88. The fraction of sp³-hybridized carbons (Fsp3) is 0.938. The van der Waals surface area contributed by atoms with Gasteiger partial charge in [-0.05, 0) is 31.6 Å². The van der Waals surface area contributed by atoms with Crippen molar-refractivity contribution in [2.45, 2.75) is 342 Å². The van der Waals surface area contributed by atoms with E-state index < -0.39 is 97.5 Å². The molecule has 0 saturated heterocycles. The van der Waals surface area contributed by atoms with E-state index in [-0.39, 0.29) is 25.7 Å². The van der Waals surface area contributed by atoms with Crippen LogP contribution in [0.5, 0.6) is 0 Å². The molecule has 0 aliphatic carbocycles. The molecule has 0 amide bonds. The van der Waals surface area contributed by atoms with E-state index in [1.54, 1.807) is 0 Å². The molecule has 17 nitrogen and oxygen atoms in total. The molecule has 0 radical (unpaired) electrons. The number of hydrogen-bond donors (Lipinski definition) is 3. The van der Waals surface area contributed by atoms with Crippen molar-refractivity contribution in [3.05, 3.63) is 0 Å². The lowest BCUT2D eigenvalue weighted by Gasteiger charge is -2.21. The molecule has 83 heavy (non-hydrogen) atoms. The first kappa shape index (κ1) is 81.1. The number of aliphatic hydroxyl groups is 1. The summed E-state index contributed by atoms with van der Waals surface area (Å²) in [6.07, 6.45) is 42.0. The van der Waals surface area contributed by atoms with Crippen LogP contribution in [0.25, 0.3) is 0 Å². The quantitative estimate of drug-likeness (QED) is 0.0222. The molecule has 0 bridgehead atoms. The fourth-order valence-electron chi connectivity index (χ4n) is 9.58. The third-order valence-corrected chi connectivity index (χ3v) is 16.7. The molecule has 0 aromatic carbocycles. The van der Waals surface area contributed by atoms with Crippen molar-refractivity contribution in [3.63, 3.8) is 0 Å². The van der Waals surface area contributed by atoms with E-state index in [1.807, 2.05) is 0 Å². The molecule has 0 heterocycles. The predicted molar refractivity (Wildman–Crippen MR) is 331 cm³/mol. The van der Waals surface area contributed by atoms with Crippen molar-refractivity contribution in [1.82, 2.24) is 0 Å². The highest BCUT2D eigenvalue weighted by Gasteiger charge is 2.30. The van der Waals surface area contributed by atoms with Crippen LogP contribution in [0.15, 0.2) is 0 Å². The van der Waals surface area contributed by atoms with E-state index in [4.69, 9.17) is 37.0 Å². The Balaban J connectivity index is 5.18. The van der Waals surface area contributed by atoms with Gasteiger partial charge in [-0.15, -0.1) is 0 Å². The molecule has 3 N–H and O–H groups in total. The molecular formula is C64H124O17P2. The zero-order chi connectivity index (χ0) is 61.3. The van der Waals surface area contributed by atoms with E-state index in [1.165, 1.54) is 141 Å². The number of rotatable bonds is 64. The molecule has 0 aliphatic rings. The number of ether oxygens (including phenoxy) is 4. The van der Waals surface area contributed by atoms with Gasteiger partial charge in [-0.2, -0.15) is 0 Å². The van der Waals surface area contributed by atoms with Crippen molar-refractivity contribution in [3.8, 4) is 0 Å². The largest absolute Gasteiger partial charge is 0.472 e. The number of esters is 4. The Morgan fingerprint density at radius 2 is 0.554 bits per heavy atom. The van der Waals surface area contributed by atoms with Crippen LogP contribution in [-0.4, -0.2) is 96.7 Å². The molecule has 0 aliphatic heterocycles. The van der Waals surface area contributed by atoms with E-state index in [0.29, 0.717) is 25.7 Å². The number of hydrogen-bond acceptors (Lipinski definition) is 15. The molecule has 19 heteroatoms. The van der Waals surface area contributed by atoms with Gasteiger partial charge < -0.3 is 33.8 Å². The van der Waals surface area contributed by atoms with Gasteiger partial charge >= 0.3 is 39.5 Å². The van der Waals surface area contributed by atoms with Gasteiger partial charge in [0, 0.05) is 25.7 Å². The van der Waals surface area contributed by atoms with Crippen LogP contribution in [0.3, 0.4) is 0 Å². The van der Waals surface area contributed by atoms with E-state index in [9.17, 15) is 43.2 Å². The Bertz CT molecular complexity index is 1620. The average Bonchev–Trinajstić information content (AvgIpc) is 3.47. The Morgan fingerprint density at radius 1 is 0.325 bits per heavy atom. The summed E-state index contributed by atoms with van der Waals surface area (Å²) < 4.78 is 67.8. The van der Waals surface area contributed by atoms with Gasteiger partial charge in [0.1, 0.15) is 19.3 Å². The van der Waals surface area contributed by atoms with Gasteiger partial charge in [0.2, 0.25) is 0 Å². The third-order valence-electron chi connectivity index (χ3n) is 14.8. The maximum absolute atomic E-state index is 13.0. The van der Waals surface area contributed by atoms with Gasteiger partial charge in [-0.3, -0.25) is 37.3 Å². The lowest BCUT2D eigenvalue weighted by molar-refractivity contribution is -0.161. The molecule has 0 saturated carbocycles. The molecular weight excluding hydrogens is 1100 g/mol. The molecule has 0 aromatic heterocycles. The summed E-state index contributed by atoms with van der Waals surface area (Å²) in [6.45, 7) is 7.07. The maximum atomic E-state index is 13.0. The smallest absolute Gasteiger partial charge is 0.462 e. The number of phosphoric ester groups is 2. The standard InChI is InChI=1S/C64H124O17P2/c1-6-9-12-15-17-19-21-23-25-27-29-34-39-44-49-63(68)81-60(54-75-62(67)48-43-38-33-28-26-24-22-20-18-16-13-10-7-2)56-79-83(72,73)77-52-58(65)51-76-82(70,71)78-55-59(53-74-61(66)47-42-36-14-11-8-3)80-64(69)50-45-40-35-31-30-32-37-41-46-57(4)5/h57-60,65H,6-56H2,1-5H3,(H,70,71)(H,72,73)/t58-,59+,60+/m0/s1. The Kier molecular flexibility index (Phi) is 56.4. The van der Waals surface area contributed by atoms with Crippen LogP contribution < -0.4 is 0 Å². The van der Waals surface area contributed by atoms with Crippen LogP contribution in [0.4, 0.5) is 0 Å². The van der Waals surface area contributed by atoms with Gasteiger partial charge in [0.15, 0.2) is 12.2 Å². The van der Waals surface area contributed by atoms with E-state index in [0.717, 1.165) is 102 Å². The van der Waals surface area contributed by atoms with Gasteiger partial charge in [0.05, 0.1) is 26.4 Å². The number of carbonyl (C=O) groups is 4. The minimum absolute atomic E-state index is 0.104. The normalized spacial score (nSPS) is 14.2. The highest BCUT2D eigenvalue weighted by molar-refractivity contribution is 7.47. The SMILES string of the molecule is CCCCCCCCCCCCCCCCC(=O)O[C@H](COC(=O)CCCCCCCCCCCCCCC)COP(=O)(O)OC[C@@H](O)COP(=O)(O)OC[C@@H](COC(=O)CCCCCCC)OC(=O)CCCCCCCCCCC(C)C. The average molecular weight is 1230 g/mol. The number of aliphatic hydroxyl groups excluding tert-OH is 1. The first-order valence-corrected chi connectivity index (χ1v) is 36.6. The van der Waals surface area contributed by atoms with Crippen molar-refractivity contribution < 1.29 is 80.2 Å². The molecule has 0 rings (SSSR count). The molecule has 0 spiro atoms. The second-order valence-corrected chi connectivity index (χ2v) is 26.5. The Labute approximate surface area is 505 Å². The first-order chi connectivity index (χ1) is 40.0. The van der Waals surface area contributed by atoms with Crippen molar-refractivity contribution in [1.29, 1.82) is 0 Å². The highest BCUT2D eigenvalue weighted by atomic mass is 31.2. The molecule has 0 aromatic rings. The minimum atomic E-state index is -4.94. The molecule has 2 unspecified atom stereocenters. The second-order valence-electron chi connectivity index (χ2n) is 23.6. The van der Waals surface area contributed by atoms with E-state index in [2.05, 4.69) is 34.6 Å². The summed E-state index contributed by atoms with van der Waals surface area (Å²) in [5.74, 6) is -1.42. The fourth-order valence-corrected chi connectivity index (χ4v) is 11.2. The number of carbonyl (C=O) groups excluding carboxylic acids is 4. The second kappa shape index (κ2) is 57.8. The predicted octanol–water partition coefficient (Wildman–Crippen LogP) is 17.8. The van der Waals surface area contributed by atoms with Crippen LogP contribution in [0.1, 0.15) is 324 Å². The number of unbranched alkanes of at least 4 members (excludes halogenated alkanes) is 36. The summed E-state index contributed by atoms with van der Waals surface area (Å²) in [5.41, 5.74) is 0. The first-order valence-electron chi connectivity index (χ1n) is 33.6. The van der Waals surface area contributed by atoms with Crippen LogP contribution in [0.2, 0.25) is 0 Å². The molecule has 5 atom stereocenters. The van der Waals surface area contributed by atoms with Crippen molar-refractivity contribution in [2.24, 2.45) is 5.92 Å². The lowest BCUT2D eigenvalue weighted by atomic mass is 10.0. The molecule has 0 fully saturated rings. The maximum Gasteiger partial charge on any atom is 0.472 e. The summed E-state index contributed by atoms with van der Waals surface area (Å²) in [5, 5.41) is 10.5. The van der Waals surface area contributed by atoms with Crippen LogP contribution in [0, 0.1) is 5.92 Å². The third kappa shape index (κ3) is 58.8. The van der Waals surface area contributed by atoms with Crippen molar-refractivity contribution >= 4 is 39.5 Å². The molecule has 492 valence electrons. The topological polar surface area (TPSA) is 237 Å². The summed E-state index contributed by atoms with van der Waals surface area (Å²) >= 11 is 0. The zero-order valence-corrected chi connectivity index (χ0v) is 55.1. The Hall–Kier alpha value is -1.94. The Morgan fingerprint density at radius 3 is 0.819 bits per heavy atom. The zero-order valence-electron chi connectivity index (χ0n) is 53.3. The van der Waals surface area contributed by atoms with Crippen LogP contribution >= 0.6 is 15.6 Å². The van der Waals surface area contributed by atoms with Gasteiger partial charge in [-0.25, -0.2) is 9.13 Å². The highest BCUT2D eigenvalue weighted by Crippen LogP contribution is 2.45.